The van der Waals surface area contributed by atoms with Gasteiger partial charge in [0, 0.05) is 10.3 Å². The first-order valence-corrected chi connectivity index (χ1v) is 7.49. The van der Waals surface area contributed by atoms with Gasteiger partial charge in [-0.1, -0.05) is 30.3 Å². The number of ether oxygens (including phenoxy) is 1. The van der Waals surface area contributed by atoms with Gasteiger partial charge in [0.25, 0.3) is 0 Å². The van der Waals surface area contributed by atoms with E-state index in [0.717, 1.165) is 11.3 Å². The smallest absolute Gasteiger partial charge is 0.307 e. The molecule has 3 aromatic rings. The quantitative estimate of drug-likeness (QED) is 0.771. The Bertz CT molecular complexity index is 759. The molecule has 2 aromatic carbocycles. The molecule has 0 aliphatic carbocycles. The van der Waals surface area contributed by atoms with Crippen LogP contribution >= 0.6 is 11.3 Å². The lowest BCUT2D eigenvalue weighted by molar-refractivity contribution is -0.136. The lowest BCUT2D eigenvalue weighted by atomic mass is 10.1. The molecule has 0 atom stereocenters. The van der Waals surface area contributed by atoms with E-state index in [2.05, 4.69) is 17.5 Å². The highest BCUT2D eigenvalue weighted by molar-refractivity contribution is 7.17. The van der Waals surface area contributed by atoms with Gasteiger partial charge in [-0.05, 0) is 34.5 Å². The van der Waals surface area contributed by atoms with Crippen LogP contribution < -0.4 is 4.74 Å². The number of carboxylic acid groups (broad SMARTS) is 1. The normalized spacial score (nSPS) is 10.7. The van der Waals surface area contributed by atoms with Gasteiger partial charge < -0.3 is 9.84 Å². The minimum absolute atomic E-state index is 0.0372. The Morgan fingerprint density at radius 1 is 1.10 bits per heavy atom. The van der Waals surface area contributed by atoms with Gasteiger partial charge >= 0.3 is 5.97 Å². The summed E-state index contributed by atoms with van der Waals surface area (Å²) in [5.41, 5.74) is 1.95. The summed E-state index contributed by atoms with van der Waals surface area (Å²) in [6.07, 6.45) is 0.0372. The summed E-state index contributed by atoms with van der Waals surface area (Å²) < 4.78 is 7.04. The number of carboxylic acids is 1. The van der Waals surface area contributed by atoms with Crippen LogP contribution in [0.5, 0.6) is 5.75 Å². The lowest BCUT2D eigenvalue weighted by Crippen LogP contribution is -2.00. The van der Waals surface area contributed by atoms with Crippen molar-refractivity contribution in [3.8, 4) is 5.75 Å². The third kappa shape index (κ3) is 3.23. The molecule has 0 radical (unpaired) electrons. The maximum absolute atomic E-state index is 10.6. The Morgan fingerprint density at radius 2 is 1.86 bits per heavy atom. The monoisotopic (exact) mass is 298 g/mol. The molecule has 1 aromatic heterocycles. The van der Waals surface area contributed by atoms with Crippen molar-refractivity contribution >= 4 is 27.4 Å². The van der Waals surface area contributed by atoms with Crippen molar-refractivity contribution in [3.63, 3.8) is 0 Å². The first-order valence-electron chi connectivity index (χ1n) is 6.61. The van der Waals surface area contributed by atoms with Gasteiger partial charge in [0.15, 0.2) is 0 Å². The fraction of sp³-hybridized carbons (Fsp3) is 0.118. The first kappa shape index (κ1) is 13.6. The van der Waals surface area contributed by atoms with Crippen LogP contribution in [0.4, 0.5) is 0 Å². The predicted octanol–water partition coefficient (Wildman–Crippen LogP) is 4.11. The summed E-state index contributed by atoms with van der Waals surface area (Å²) in [5, 5.41) is 12.1. The van der Waals surface area contributed by atoms with Crippen molar-refractivity contribution < 1.29 is 14.6 Å². The van der Waals surface area contributed by atoms with Gasteiger partial charge in [-0.2, -0.15) is 0 Å². The molecule has 3 nitrogen and oxygen atoms in total. The molecule has 3 rings (SSSR count). The van der Waals surface area contributed by atoms with Gasteiger partial charge in [0.05, 0.1) is 6.42 Å². The van der Waals surface area contributed by atoms with Gasteiger partial charge in [-0.3, -0.25) is 4.79 Å². The molecule has 21 heavy (non-hydrogen) atoms. The van der Waals surface area contributed by atoms with Gasteiger partial charge in [-0.15, -0.1) is 11.3 Å². The average Bonchev–Trinajstić information content (AvgIpc) is 2.89. The fourth-order valence-corrected chi connectivity index (χ4v) is 3.13. The number of carbonyl (C=O) groups is 1. The van der Waals surface area contributed by atoms with E-state index >= 15 is 0 Å². The molecule has 106 valence electrons. The molecule has 1 heterocycles. The number of rotatable bonds is 5. The molecule has 0 unspecified atom stereocenters. The van der Waals surface area contributed by atoms with Crippen LogP contribution in [0.2, 0.25) is 0 Å². The maximum Gasteiger partial charge on any atom is 0.307 e. The molecule has 0 bridgehead atoms. The van der Waals surface area contributed by atoms with Crippen molar-refractivity contribution in [1.29, 1.82) is 0 Å². The van der Waals surface area contributed by atoms with Crippen molar-refractivity contribution in [3.05, 3.63) is 65.0 Å². The standard InChI is InChI=1S/C17H14O3S/c18-17(19)9-12-5-7-14(8-6-12)20-10-13-11-21-16-4-2-1-3-15(13)16/h1-8,11H,9-10H2,(H,18,19). The van der Waals surface area contributed by atoms with E-state index in [1.54, 1.807) is 23.5 Å². The van der Waals surface area contributed by atoms with Crippen LogP contribution in [0.15, 0.2) is 53.9 Å². The summed E-state index contributed by atoms with van der Waals surface area (Å²) in [6.45, 7) is 0.516. The van der Waals surface area contributed by atoms with Crippen molar-refractivity contribution in [2.24, 2.45) is 0 Å². The van der Waals surface area contributed by atoms with E-state index in [9.17, 15) is 4.79 Å². The second kappa shape index (κ2) is 5.97. The summed E-state index contributed by atoms with van der Waals surface area (Å²) >= 11 is 1.71. The van der Waals surface area contributed by atoms with Gasteiger partial charge in [0.2, 0.25) is 0 Å². The van der Waals surface area contributed by atoms with Crippen LogP contribution in [-0.2, 0) is 17.8 Å². The number of hydrogen-bond acceptors (Lipinski definition) is 3. The van der Waals surface area contributed by atoms with Crippen LogP contribution in [0.1, 0.15) is 11.1 Å². The number of thiophene rings is 1. The van der Waals surface area contributed by atoms with E-state index in [1.165, 1.54) is 15.6 Å². The fourth-order valence-electron chi connectivity index (χ4n) is 2.18. The first-order chi connectivity index (χ1) is 10.2. The van der Waals surface area contributed by atoms with Crippen LogP contribution in [0, 0.1) is 0 Å². The Hall–Kier alpha value is -2.33. The summed E-state index contributed by atoms with van der Waals surface area (Å²) in [5.74, 6) is -0.0761. The zero-order chi connectivity index (χ0) is 14.7. The Kier molecular flexibility index (Phi) is 3.88. The second-order valence-corrected chi connectivity index (χ2v) is 5.67. The van der Waals surface area contributed by atoms with Crippen LogP contribution in [0.3, 0.4) is 0 Å². The molecule has 0 aliphatic heterocycles. The highest BCUT2D eigenvalue weighted by Gasteiger charge is 2.05. The third-order valence-electron chi connectivity index (χ3n) is 3.23. The predicted molar refractivity (Wildman–Crippen MR) is 83.9 cm³/mol. The van der Waals surface area contributed by atoms with E-state index in [0.29, 0.717) is 6.61 Å². The van der Waals surface area contributed by atoms with Crippen LogP contribution in [-0.4, -0.2) is 11.1 Å². The van der Waals surface area contributed by atoms with E-state index in [1.807, 2.05) is 24.3 Å². The molecular weight excluding hydrogens is 284 g/mol. The maximum atomic E-state index is 10.6. The van der Waals surface area contributed by atoms with E-state index in [-0.39, 0.29) is 6.42 Å². The van der Waals surface area contributed by atoms with Gasteiger partial charge in [0.1, 0.15) is 12.4 Å². The van der Waals surface area contributed by atoms with Crippen LogP contribution in [0.25, 0.3) is 10.1 Å². The Balaban J connectivity index is 1.68. The molecule has 0 spiro atoms. The van der Waals surface area contributed by atoms with Crippen molar-refractivity contribution in [2.45, 2.75) is 13.0 Å². The highest BCUT2D eigenvalue weighted by atomic mass is 32.1. The zero-order valence-corrected chi connectivity index (χ0v) is 12.1. The molecule has 0 saturated heterocycles. The molecule has 0 aliphatic rings. The minimum Gasteiger partial charge on any atom is -0.489 e. The Morgan fingerprint density at radius 3 is 2.62 bits per heavy atom. The summed E-state index contributed by atoms with van der Waals surface area (Å²) in [6, 6.07) is 15.5. The molecule has 4 heteroatoms. The second-order valence-electron chi connectivity index (χ2n) is 4.76. The van der Waals surface area contributed by atoms with Crippen molar-refractivity contribution in [2.75, 3.05) is 0 Å². The Labute approximate surface area is 126 Å². The minimum atomic E-state index is -0.826. The molecule has 0 fully saturated rings. The number of fused-ring (bicyclic) bond motifs is 1. The average molecular weight is 298 g/mol. The largest absolute Gasteiger partial charge is 0.489 e. The number of hydrogen-bond donors (Lipinski definition) is 1. The van der Waals surface area contributed by atoms with Crippen molar-refractivity contribution in [1.82, 2.24) is 0 Å². The van der Waals surface area contributed by atoms with Gasteiger partial charge in [-0.25, -0.2) is 0 Å². The summed E-state index contributed by atoms with van der Waals surface area (Å²) in [7, 11) is 0. The van der Waals surface area contributed by atoms with E-state index < -0.39 is 5.97 Å². The molecule has 0 amide bonds. The summed E-state index contributed by atoms with van der Waals surface area (Å²) in [4.78, 5) is 10.6. The number of aliphatic carboxylic acids is 1. The SMILES string of the molecule is O=C(O)Cc1ccc(OCc2csc3ccccc23)cc1. The zero-order valence-electron chi connectivity index (χ0n) is 11.3. The topological polar surface area (TPSA) is 46.5 Å². The number of benzene rings is 2. The lowest BCUT2D eigenvalue weighted by Gasteiger charge is -2.06. The molecular formula is C17H14O3S. The van der Waals surface area contributed by atoms with E-state index in [4.69, 9.17) is 9.84 Å². The third-order valence-corrected chi connectivity index (χ3v) is 4.25. The molecule has 1 N–H and O–H groups in total. The molecule has 0 saturated carbocycles. The highest BCUT2D eigenvalue weighted by Crippen LogP contribution is 2.26.